The van der Waals surface area contributed by atoms with E-state index in [0.717, 1.165) is 33.5 Å². The second-order valence-electron chi connectivity index (χ2n) is 8.06. The average molecular weight is 499 g/mol. The summed E-state index contributed by atoms with van der Waals surface area (Å²) in [6.45, 7) is 3.07. The van der Waals surface area contributed by atoms with E-state index in [4.69, 9.17) is 4.74 Å². The highest BCUT2D eigenvalue weighted by Crippen LogP contribution is 2.31. The first-order valence-electron chi connectivity index (χ1n) is 11.3. The third-order valence-electron chi connectivity index (χ3n) is 5.64. The molecule has 1 aromatic heterocycles. The fourth-order valence-electron chi connectivity index (χ4n) is 3.96. The molecule has 0 atom stereocenters. The van der Waals surface area contributed by atoms with Crippen molar-refractivity contribution < 1.29 is 14.5 Å². The number of hydrogen-bond donors (Lipinski definition) is 1. The standard InChI is InChI=1S/C27H22N4O4S/c1-2-35-22-13-9-20(10-14-22)28-27-29-26(32)25(36-27)15-19-17-30(24-6-4-3-5-23(19)24)16-18-7-11-21(12-8-18)31(33)34/h3-15,17H,2,16H2,1H3,(H,28,29,32)/b25-15+. The van der Waals surface area contributed by atoms with Crippen molar-refractivity contribution in [1.29, 1.82) is 0 Å². The molecular formula is C27H22N4O4S. The molecule has 0 aliphatic carbocycles. The Morgan fingerprint density at radius 1 is 1.08 bits per heavy atom. The van der Waals surface area contributed by atoms with Gasteiger partial charge in [0.1, 0.15) is 5.75 Å². The highest BCUT2D eigenvalue weighted by atomic mass is 32.2. The van der Waals surface area contributed by atoms with Gasteiger partial charge in [-0.3, -0.25) is 14.9 Å². The van der Waals surface area contributed by atoms with Gasteiger partial charge in [0.2, 0.25) is 0 Å². The number of nitro benzene ring substituents is 1. The number of thioether (sulfide) groups is 1. The normalized spacial score (nSPS) is 15.5. The highest BCUT2D eigenvalue weighted by molar-refractivity contribution is 8.18. The summed E-state index contributed by atoms with van der Waals surface area (Å²) in [5, 5.41) is 15.3. The second-order valence-corrected chi connectivity index (χ2v) is 9.09. The fourth-order valence-corrected chi connectivity index (χ4v) is 4.80. The molecule has 1 amide bonds. The maximum Gasteiger partial charge on any atom is 0.269 e. The number of nitrogens with zero attached hydrogens (tertiary/aromatic N) is 3. The molecule has 0 saturated carbocycles. The molecule has 0 radical (unpaired) electrons. The first kappa shape index (κ1) is 23.4. The number of rotatable bonds is 7. The van der Waals surface area contributed by atoms with Crippen molar-refractivity contribution in [2.75, 3.05) is 6.61 Å². The number of para-hydroxylation sites is 1. The van der Waals surface area contributed by atoms with Crippen LogP contribution < -0.4 is 10.1 Å². The van der Waals surface area contributed by atoms with Crippen LogP contribution in [0.3, 0.4) is 0 Å². The van der Waals surface area contributed by atoms with Gasteiger partial charge in [-0.15, -0.1) is 0 Å². The van der Waals surface area contributed by atoms with Crippen molar-refractivity contribution in [3.8, 4) is 5.75 Å². The average Bonchev–Trinajstić information content (AvgIpc) is 3.40. The summed E-state index contributed by atoms with van der Waals surface area (Å²) in [5.74, 6) is 0.576. The Morgan fingerprint density at radius 3 is 2.56 bits per heavy atom. The van der Waals surface area contributed by atoms with Gasteiger partial charge >= 0.3 is 0 Å². The van der Waals surface area contributed by atoms with E-state index in [1.807, 2.05) is 67.7 Å². The zero-order chi connectivity index (χ0) is 25.1. The monoisotopic (exact) mass is 498 g/mol. The van der Waals surface area contributed by atoms with Crippen LogP contribution in [0.4, 0.5) is 11.4 Å². The maximum atomic E-state index is 12.7. The van der Waals surface area contributed by atoms with Gasteiger partial charge < -0.3 is 14.6 Å². The minimum Gasteiger partial charge on any atom is -0.494 e. The summed E-state index contributed by atoms with van der Waals surface area (Å²) in [5.41, 5.74) is 3.65. The molecule has 5 rings (SSSR count). The van der Waals surface area contributed by atoms with E-state index in [9.17, 15) is 14.9 Å². The van der Waals surface area contributed by atoms with Gasteiger partial charge in [-0.2, -0.15) is 0 Å². The van der Waals surface area contributed by atoms with Crippen LogP contribution in [-0.2, 0) is 11.3 Å². The molecule has 1 fully saturated rings. The van der Waals surface area contributed by atoms with Gasteiger partial charge in [-0.1, -0.05) is 30.3 Å². The maximum absolute atomic E-state index is 12.7. The second kappa shape index (κ2) is 10.1. The number of aromatic nitrogens is 1. The minimum absolute atomic E-state index is 0.0634. The summed E-state index contributed by atoms with van der Waals surface area (Å²) in [6, 6.07) is 21.9. The lowest BCUT2D eigenvalue weighted by molar-refractivity contribution is -0.384. The molecule has 8 nitrogen and oxygen atoms in total. The molecule has 0 unspecified atom stereocenters. The van der Waals surface area contributed by atoms with Crippen LogP contribution in [0.25, 0.3) is 17.0 Å². The number of aliphatic imine (C=N–C) groups is 1. The molecule has 2 heterocycles. The van der Waals surface area contributed by atoms with Crippen molar-refractivity contribution in [2.24, 2.45) is 4.99 Å². The summed E-state index contributed by atoms with van der Waals surface area (Å²) in [7, 11) is 0. The summed E-state index contributed by atoms with van der Waals surface area (Å²) in [4.78, 5) is 28.3. The Kier molecular flexibility index (Phi) is 6.55. The van der Waals surface area contributed by atoms with Crippen LogP contribution in [0.5, 0.6) is 5.75 Å². The first-order chi connectivity index (χ1) is 17.5. The van der Waals surface area contributed by atoms with Gasteiger partial charge in [0.15, 0.2) is 5.17 Å². The number of fused-ring (bicyclic) bond motifs is 1. The summed E-state index contributed by atoms with van der Waals surface area (Å²) in [6.07, 6.45) is 3.86. The van der Waals surface area contributed by atoms with Crippen LogP contribution in [0.15, 0.2) is 88.9 Å². The SMILES string of the molecule is CCOc1ccc(N=C2NC(=O)/C(=C\c3cn(Cc4ccc([N+](=O)[O-])cc4)c4ccccc34)S2)cc1. The zero-order valence-electron chi connectivity index (χ0n) is 19.4. The number of nitrogens with one attached hydrogen (secondary N) is 1. The number of benzene rings is 3. The number of ether oxygens (including phenoxy) is 1. The number of non-ortho nitro benzene ring substituents is 1. The van der Waals surface area contributed by atoms with Crippen LogP contribution in [-0.4, -0.2) is 27.2 Å². The molecule has 0 spiro atoms. The largest absolute Gasteiger partial charge is 0.494 e. The smallest absolute Gasteiger partial charge is 0.269 e. The molecule has 1 aliphatic rings. The Morgan fingerprint density at radius 2 is 1.83 bits per heavy atom. The Bertz CT molecular complexity index is 1510. The molecule has 1 N–H and O–H groups in total. The predicted molar refractivity (Wildman–Crippen MR) is 143 cm³/mol. The third-order valence-corrected chi connectivity index (χ3v) is 6.55. The lowest BCUT2D eigenvalue weighted by atomic mass is 10.1. The lowest BCUT2D eigenvalue weighted by Crippen LogP contribution is -2.19. The van der Waals surface area contributed by atoms with Crippen molar-refractivity contribution in [2.45, 2.75) is 13.5 Å². The molecule has 9 heteroatoms. The third kappa shape index (κ3) is 5.01. The highest BCUT2D eigenvalue weighted by Gasteiger charge is 2.24. The number of nitro groups is 1. The summed E-state index contributed by atoms with van der Waals surface area (Å²) >= 11 is 1.30. The van der Waals surface area contributed by atoms with Crippen LogP contribution in [0, 0.1) is 10.1 Å². The lowest BCUT2D eigenvalue weighted by Gasteiger charge is -2.05. The fraction of sp³-hybridized carbons (Fsp3) is 0.111. The zero-order valence-corrected chi connectivity index (χ0v) is 20.2. The number of amides is 1. The number of amidine groups is 1. The predicted octanol–water partition coefficient (Wildman–Crippen LogP) is 5.89. The van der Waals surface area contributed by atoms with Crippen LogP contribution in [0.1, 0.15) is 18.1 Å². The van der Waals surface area contributed by atoms with E-state index in [2.05, 4.69) is 14.9 Å². The molecule has 0 bridgehead atoms. The quantitative estimate of drug-likeness (QED) is 0.195. The number of hydrogen-bond acceptors (Lipinski definition) is 6. The summed E-state index contributed by atoms with van der Waals surface area (Å²) < 4.78 is 7.54. The number of carbonyl (C=O) groups is 1. The van der Waals surface area contributed by atoms with Crippen molar-refractivity contribution >= 4 is 51.2 Å². The molecule has 1 saturated heterocycles. The molecule has 1 aliphatic heterocycles. The van der Waals surface area contributed by atoms with Crippen LogP contribution in [0.2, 0.25) is 0 Å². The van der Waals surface area contributed by atoms with Gasteiger partial charge in [0.25, 0.3) is 11.6 Å². The van der Waals surface area contributed by atoms with Gasteiger partial charge in [-0.25, -0.2) is 4.99 Å². The molecular weight excluding hydrogens is 476 g/mol. The van der Waals surface area contributed by atoms with Crippen molar-refractivity contribution in [3.05, 3.63) is 105 Å². The van der Waals surface area contributed by atoms with E-state index < -0.39 is 4.92 Å². The molecule has 4 aromatic rings. The minimum atomic E-state index is -0.406. The van der Waals surface area contributed by atoms with Crippen molar-refractivity contribution in [1.82, 2.24) is 9.88 Å². The van der Waals surface area contributed by atoms with E-state index in [-0.39, 0.29) is 11.6 Å². The van der Waals surface area contributed by atoms with E-state index in [1.54, 1.807) is 12.1 Å². The van der Waals surface area contributed by atoms with E-state index >= 15 is 0 Å². The van der Waals surface area contributed by atoms with E-state index in [1.165, 1.54) is 23.9 Å². The van der Waals surface area contributed by atoms with Crippen LogP contribution >= 0.6 is 11.8 Å². The Labute approximate surface area is 211 Å². The number of carbonyl (C=O) groups excluding carboxylic acids is 1. The van der Waals surface area contributed by atoms with E-state index in [0.29, 0.717) is 23.2 Å². The molecule has 180 valence electrons. The molecule has 3 aromatic carbocycles. The van der Waals surface area contributed by atoms with Gasteiger partial charge in [0.05, 0.1) is 22.1 Å². The van der Waals surface area contributed by atoms with Gasteiger partial charge in [-0.05, 0) is 60.7 Å². The first-order valence-corrected chi connectivity index (χ1v) is 12.2. The Balaban J connectivity index is 1.40. The van der Waals surface area contributed by atoms with Gasteiger partial charge in [0, 0.05) is 41.3 Å². The Hall–Kier alpha value is -4.37. The topological polar surface area (TPSA) is 98.8 Å². The van der Waals surface area contributed by atoms with Crippen molar-refractivity contribution in [3.63, 3.8) is 0 Å². The molecule has 36 heavy (non-hydrogen) atoms.